The fourth-order valence-corrected chi connectivity index (χ4v) is 5.74. The van der Waals surface area contributed by atoms with E-state index in [0.29, 0.717) is 35.8 Å². The predicted octanol–water partition coefficient (Wildman–Crippen LogP) is 3.48. The molecule has 1 atom stereocenters. The van der Waals surface area contributed by atoms with E-state index in [9.17, 15) is 14.4 Å². The molecule has 1 saturated heterocycles. The topological polar surface area (TPSA) is 104 Å². The SMILES string of the molecule is COC(=O)c1ccc2c(c1)NC(=O)C2C(=Nc1ccc(N(C)C(=O)CN2CCN(C)CC2)cc1)c1ccc2c(c1)OCC2. The second-order valence-electron chi connectivity index (χ2n) is 11.2. The van der Waals surface area contributed by atoms with Crippen molar-refractivity contribution in [3.05, 3.63) is 82.9 Å². The van der Waals surface area contributed by atoms with Crippen LogP contribution in [0.3, 0.4) is 0 Å². The van der Waals surface area contributed by atoms with E-state index in [4.69, 9.17) is 14.5 Å². The first kappa shape index (κ1) is 28.6. The van der Waals surface area contributed by atoms with Gasteiger partial charge in [-0.05, 0) is 60.6 Å². The van der Waals surface area contributed by atoms with Gasteiger partial charge in [0.1, 0.15) is 11.7 Å². The molecule has 1 unspecified atom stereocenters. The molecule has 43 heavy (non-hydrogen) atoms. The molecule has 3 aliphatic heterocycles. The molecule has 1 N–H and O–H groups in total. The number of anilines is 2. The Morgan fingerprint density at radius 1 is 1.02 bits per heavy atom. The quantitative estimate of drug-likeness (QED) is 0.337. The highest BCUT2D eigenvalue weighted by atomic mass is 16.5. The van der Waals surface area contributed by atoms with Gasteiger partial charge in [0.2, 0.25) is 11.8 Å². The molecule has 3 aliphatic rings. The van der Waals surface area contributed by atoms with Crippen LogP contribution in [0.4, 0.5) is 17.1 Å². The van der Waals surface area contributed by atoms with E-state index in [0.717, 1.165) is 60.7 Å². The molecule has 222 valence electrons. The van der Waals surface area contributed by atoms with Crippen LogP contribution in [0.25, 0.3) is 0 Å². The van der Waals surface area contributed by atoms with Crippen LogP contribution in [0, 0.1) is 0 Å². The molecule has 3 aromatic carbocycles. The van der Waals surface area contributed by atoms with Crippen molar-refractivity contribution in [3.63, 3.8) is 0 Å². The molecule has 2 amide bonds. The van der Waals surface area contributed by atoms with Crippen molar-refractivity contribution in [2.24, 2.45) is 4.99 Å². The minimum absolute atomic E-state index is 0.0326. The van der Waals surface area contributed by atoms with Gasteiger partial charge in [0.05, 0.1) is 37.2 Å². The number of rotatable bonds is 7. The summed E-state index contributed by atoms with van der Waals surface area (Å²) < 4.78 is 10.7. The number of fused-ring (bicyclic) bond motifs is 2. The predicted molar refractivity (Wildman–Crippen MR) is 165 cm³/mol. The maximum atomic E-state index is 13.4. The van der Waals surface area contributed by atoms with Crippen LogP contribution in [-0.4, -0.2) is 93.8 Å². The molecule has 0 aliphatic carbocycles. The third kappa shape index (κ3) is 5.89. The van der Waals surface area contributed by atoms with Crippen molar-refractivity contribution in [3.8, 4) is 5.75 Å². The van der Waals surface area contributed by atoms with Crippen molar-refractivity contribution >= 4 is 40.6 Å². The maximum absolute atomic E-state index is 13.4. The first-order valence-electron chi connectivity index (χ1n) is 14.5. The lowest BCUT2D eigenvalue weighted by molar-refractivity contribution is -0.120. The normalized spacial score (nSPS) is 18.4. The van der Waals surface area contributed by atoms with Gasteiger partial charge in [0.25, 0.3) is 0 Å². The Balaban J connectivity index is 1.30. The standard InChI is InChI=1S/C33H35N5O5/c1-36-13-15-38(16-14-36)20-29(39)37(2)25-9-7-24(8-10-25)34-31(22-5-4-21-12-17-43-28(21)19-22)30-26-11-6-23(33(41)42-3)18-27(26)35-32(30)40/h4-11,18-19,30H,12-17,20H2,1-3H3,(H,35,40). The number of nitrogens with one attached hydrogen (secondary N) is 1. The summed E-state index contributed by atoms with van der Waals surface area (Å²) in [4.78, 5) is 49.7. The van der Waals surface area contributed by atoms with E-state index < -0.39 is 11.9 Å². The number of amides is 2. The van der Waals surface area contributed by atoms with Gasteiger partial charge in [-0.1, -0.05) is 18.2 Å². The molecule has 0 bridgehead atoms. The summed E-state index contributed by atoms with van der Waals surface area (Å²) in [5.74, 6) is -0.583. The smallest absolute Gasteiger partial charge is 0.337 e. The van der Waals surface area contributed by atoms with Gasteiger partial charge in [-0.25, -0.2) is 4.79 Å². The molecule has 0 aromatic heterocycles. The molecular formula is C33H35N5O5. The summed E-state index contributed by atoms with van der Waals surface area (Å²) in [7, 11) is 5.21. The average molecular weight is 582 g/mol. The van der Waals surface area contributed by atoms with Gasteiger partial charge in [0.15, 0.2) is 0 Å². The van der Waals surface area contributed by atoms with Gasteiger partial charge in [0, 0.05) is 56.6 Å². The first-order valence-corrected chi connectivity index (χ1v) is 14.5. The average Bonchev–Trinajstić information content (AvgIpc) is 3.63. The van der Waals surface area contributed by atoms with Gasteiger partial charge < -0.3 is 24.6 Å². The number of aliphatic imine (C=N–C) groups is 1. The Hall–Kier alpha value is -4.54. The molecular weight excluding hydrogens is 546 g/mol. The van der Waals surface area contributed by atoms with E-state index in [1.54, 1.807) is 30.1 Å². The fraction of sp³-hybridized carbons (Fsp3) is 0.333. The molecule has 0 saturated carbocycles. The number of ether oxygens (including phenoxy) is 2. The van der Waals surface area contributed by atoms with Crippen LogP contribution >= 0.6 is 0 Å². The van der Waals surface area contributed by atoms with E-state index in [-0.39, 0.29) is 11.8 Å². The summed E-state index contributed by atoms with van der Waals surface area (Å²) in [6.07, 6.45) is 0.841. The minimum Gasteiger partial charge on any atom is -0.493 e. The zero-order valence-corrected chi connectivity index (χ0v) is 24.6. The maximum Gasteiger partial charge on any atom is 0.337 e. The Morgan fingerprint density at radius 2 is 1.77 bits per heavy atom. The lowest BCUT2D eigenvalue weighted by Crippen LogP contribution is -2.48. The van der Waals surface area contributed by atoms with Crippen molar-refractivity contribution in [1.29, 1.82) is 0 Å². The number of methoxy groups -OCH3 is 1. The highest BCUT2D eigenvalue weighted by Gasteiger charge is 2.36. The zero-order chi connectivity index (χ0) is 30.1. The Morgan fingerprint density at radius 3 is 2.51 bits per heavy atom. The number of hydrogen-bond donors (Lipinski definition) is 1. The molecule has 3 heterocycles. The number of piperazine rings is 1. The van der Waals surface area contributed by atoms with Crippen molar-refractivity contribution < 1.29 is 23.9 Å². The van der Waals surface area contributed by atoms with Crippen molar-refractivity contribution in [2.75, 3.05) is 70.8 Å². The summed E-state index contributed by atoms with van der Waals surface area (Å²) in [6.45, 7) is 4.67. The molecule has 3 aromatic rings. The number of carbonyl (C=O) groups is 3. The molecule has 10 nitrogen and oxygen atoms in total. The number of benzene rings is 3. The molecule has 0 spiro atoms. The monoisotopic (exact) mass is 581 g/mol. The van der Waals surface area contributed by atoms with Crippen LogP contribution in [0.1, 0.15) is 33.0 Å². The molecule has 6 rings (SSSR count). The second-order valence-corrected chi connectivity index (χ2v) is 11.2. The fourth-order valence-electron chi connectivity index (χ4n) is 5.74. The Kier molecular flexibility index (Phi) is 7.96. The Bertz CT molecular complexity index is 1590. The van der Waals surface area contributed by atoms with E-state index in [2.05, 4.69) is 22.2 Å². The summed E-state index contributed by atoms with van der Waals surface area (Å²) in [5.41, 5.74) is 5.51. The number of carbonyl (C=O) groups excluding carboxylic acids is 3. The van der Waals surface area contributed by atoms with E-state index >= 15 is 0 Å². The van der Waals surface area contributed by atoms with Crippen LogP contribution in [0.2, 0.25) is 0 Å². The largest absolute Gasteiger partial charge is 0.493 e. The van der Waals surface area contributed by atoms with Gasteiger partial charge >= 0.3 is 5.97 Å². The molecule has 10 heteroatoms. The Labute approximate surface area is 250 Å². The van der Waals surface area contributed by atoms with E-state index in [1.807, 2.05) is 42.5 Å². The highest BCUT2D eigenvalue weighted by Crippen LogP contribution is 2.38. The summed E-state index contributed by atoms with van der Waals surface area (Å²) in [6, 6.07) is 18.4. The lowest BCUT2D eigenvalue weighted by atomic mass is 9.89. The number of hydrogen-bond acceptors (Lipinski definition) is 8. The summed E-state index contributed by atoms with van der Waals surface area (Å²) >= 11 is 0. The van der Waals surface area contributed by atoms with Crippen LogP contribution in [-0.2, 0) is 20.7 Å². The van der Waals surface area contributed by atoms with Crippen molar-refractivity contribution in [2.45, 2.75) is 12.3 Å². The first-order chi connectivity index (χ1) is 20.8. The zero-order valence-electron chi connectivity index (χ0n) is 24.6. The third-order valence-corrected chi connectivity index (χ3v) is 8.39. The number of nitrogens with zero attached hydrogens (tertiary/aromatic N) is 4. The van der Waals surface area contributed by atoms with E-state index in [1.165, 1.54) is 7.11 Å². The lowest BCUT2D eigenvalue weighted by Gasteiger charge is -2.32. The summed E-state index contributed by atoms with van der Waals surface area (Å²) in [5, 5.41) is 2.92. The van der Waals surface area contributed by atoms with Crippen LogP contribution in [0.15, 0.2) is 65.7 Å². The molecule has 0 radical (unpaired) electrons. The van der Waals surface area contributed by atoms with Gasteiger partial charge in [-0.15, -0.1) is 0 Å². The highest BCUT2D eigenvalue weighted by molar-refractivity contribution is 6.24. The molecule has 1 fully saturated rings. The van der Waals surface area contributed by atoms with Gasteiger partial charge in [-0.2, -0.15) is 0 Å². The van der Waals surface area contributed by atoms with Crippen molar-refractivity contribution in [1.82, 2.24) is 9.80 Å². The third-order valence-electron chi connectivity index (χ3n) is 8.39. The van der Waals surface area contributed by atoms with Crippen LogP contribution in [0.5, 0.6) is 5.75 Å². The number of esters is 1. The minimum atomic E-state index is -0.700. The second kappa shape index (κ2) is 12.0. The van der Waals surface area contributed by atoms with Gasteiger partial charge in [-0.3, -0.25) is 19.5 Å². The number of likely N-dealkylation sites (N-methyl/N-ethyl adjacent to an activating group) is 2. The van der Waals surface area contributed by atoms with Crippen LogP contribution < -0.4 is 15.0 Å².